The molecule has 2 heterocycles. The van der Waals surface area contributed by atoms with Crippen molar-refractivity contribution in [2.45, 2.75) is 38.9 Å². The van der Waals surface area contributed by atoms with E-state index in [9.17, 15) is 24.0 Å². The first-order chi connectivity index (χ1) is 24.5. The molecule has 264 valence electrons. The minimum absolute atomic E-state index is 0.0424. The van der Waals surface area contributed by atoms with E-state index in [0.717, 1.165) is 10.5 Å². The van der Waals surface area contributed by atoms with Crippen molar-refractivity contribution in [3.8, 4) is 17.0 Å². The Labute approximate surface area is 298 Å². The summed E-state index contributed by atoms with van der Waals surface area (Å²) in [6.07, 6.45) is -0.637. The summed E-state index contributed by atoms with van der Waals surface area (Å²) in [6, 6.07) is 22.1. The van der Waals surface area contributed by atoms with Crippen LogP contribution in [0.15, 0.2) is 78.9 Å². The largest absolute Gasteiger partial charge is 0.491 e. The molecule has 3 amide bonds. The van der Waals surface area contributed by atoms with E-state index in [4.69, 9.17) is 30.5 Å². The number of esters is 2. The Morgan fingerprint density at radius 1 is 0.882 bits per heavy atom. The van der Waals surface area contributed by atoms with E-state index in [-0.39, 0.29) is 55.6 Å². The molecule has 1 aromatic heterocycles. The van der Waals surface area contributed by atoms with E-state index in [1.165, 1.54) is 19.2 Å². The van der Waals surface area contributed by atoms with Gasteiger partial charge in [-0.05, 0) is 67.8 Å². The molecule has 0 fully saturated rings. The zero-order valence-electron chi connectivity index (χ0n) is 28.1. The molecule has 0 atom stereocenters. The predicted molar refractivity (Wildman–Crippen MR) is 184 cm³/mol. The van der Waals surface area contributed by atoms with Crippen LogP contribution in [0.3, 0.4) is 0 Å². The molecule has 5 rings (SSSR count). The number of halogens is 1. The van der Waals surface area contributed by atoms with Gasteiger partial charge in [-0.1, -0.05) is 54.1 Å². The van der Waals surface area contributed by atoms with Crippen molar-refractivity contribution in [2.75, 3.05) is 26.8 Å². The topological polar surface area (TPSA) is 163 Å². The molecule has 1 aliphatic rings. The number of carbonyl (C=O) groups excluding carboxylic acids is 5. The normalized spacial score (nSPS) is 12.3. The van der Waals surface area contributed by atoms with E-state index in [1.54, 1.807) is 50.2 Å². The van der Waals surface area contributed by atoms with E-state index < -0.39 is 35.4 Å². The molecule has 0 aliphatic carbocycles. The van der Waals surface area contributed by atoms with Crippen LogP contribution >= 0.6 is 11.6 Å². The molecular weight excluding hydrogens is 680 g/mol. The van der Waals surface area contributed by atoms with Crippen LogP contribution in [0.25, 0.3) is 11.3 Å². The second-order valence-corrected chi connectivity index (χ2v) is 12.4. The van der Waals surface area contributed by atoms with Crippen molar-refractivity contribution in [1.29, 1.82) is 0 Å². The van der Waals surface area contributed by atoms with Crippen molar-refractivity contribution in [3.05, 3.63) is 112 Å². The molecule has 14 heteroatoms. The third-order valence-electron chi connectivity index (χ3n) is 7.80. The van der Waals surface area contributed by atoms with Crippen LogP contribution in [0.4, 0.5) is 4.79 Å². The van der Waals surface area contributed by atoms with Crippen LogP contribution < -0.4 is 10.1 Å². The van der Waals surface area contributed by atoms with E-state index >= 15 is 0 Å². The molecule has 0 saturated heterocycles. The van der Waals surface area contributed by atoms with Crippen LogP contribution in [0.2, 0.25) is 5.15 Å². The number of imide groups is 1. The Balaban J connectivity index is 1.20. The maximum atomic E-state index is 12.8. The lowest BCUT2D eigenvalue weighted by Crippen LogP contribution is -2.37. The summed E-state index contributed by atoms with van der Waals surface area (Å²) >= 11 is 6.35. The van der Waals surface area contributed by atoms with Gasteiger partial charge >= 0.3 is 18.0 Å². The summed E-state index contributed by atoms with van der Waals surface area (Å²) in [7, 11) is 1.25. The van der Waals surface area contributed by atoms with Gasteiger partial charge in [0.2, 0.25) is 0 Å². The van der Waals surface area contributed by atoms with Gasteiger partial charge in [-0.3, -0.25) is 19.3 Å². The highest BCUT2D eigenvalue weighted by Crippen LogP contribution is 2.32. The lowest BCUT2D eigenvalue weighted by Gasteiger charge is -2.24. The minimum atomic E-state index is -1.13. The number of rotatable bonds is 14. The average molecular weight is 715 g/mol. The number of nitrogens with zero attached hydrogens (tertiary/aromatic N) is 3. The Morgan fingerprint density at radius 3 is 2.25 bits per heavy atom. The van der Waals surface area contributed by atoms with Gasteiger partial charge in [0, 0.05) is 12.1 Å². The highest BCUT2D eigenvalue weighted by molar-refractivity contribution is 6.30. The third-order valence-corrected chi connectivity index (χ3v) is 8.11. The van der Waals surface area contributed by atoms with Crippen LogP contribution in [0, 0.1) is 0 Å². The number of hydrogen-bond acceptors (Lipinski definition) is 11. The monoisotopic (exact) mass is 714 g/mol. The first-order valence-corrected chi connectivity index (χ1v) is 16.3. The predicted octanol–water partition coefficient (Wildman–Crippen LogP) is 5.44. The Kier molecular flexibility index (Phi) is 11.6. The van der Waals surface area contributed by atoms with E-state index in [0.29, 0.717) is 27.9 Å². The zero-order valence-corrected chi connectivity index (χ0v) is 28.9. The summed E-state index contributed by atoms with van der Waals surface area (Å²) in [5.74, 6) is -1.72. The second kappa shape index (κ2) is 16.3. The van der Waals surface area contributed by atoms with E-state index in [2.05, 4.69) is 15.5 Å². The summed E-state index contributed by atoms with van der Waals surface area (Å²) < 4.78 is 21.6. The third kappa shape index (κ3) is 9.25. The van der Waals surface area contributed by atoms with Gasteiger partial charge in [0.15, 0.2) is 5.15 Å². The summed E-state index contributed by atoms with van der Waals surface area (Å²) in [5.41, 5.74) is 1.90. The number of alkyl carbamates (subject to hydrolysis) is 1. The number of aromatic nitrogens is 2. The number of nitrogens with one attached hydrogen (secondary N) is 1. The molecular formula is C37H35ClN4O9. The quantitative estimate of drug-likeness (QED) is 0.101. The maximum Gasteiger partial charge on any atom is 0.407 e. The fourth-order valence-electron chi connectivity index (χ4n) is 5.27. The van der Waals surface area contributed by atoms with Crippen molar-refractivity contribution < 1.29 is 42.9 Å². The number of hydrogen-bond donors (Lipinski definition) is 1. The van der Waals surface area contributed by atoms with Gasteiger partial charge in [0.05, 0.1) is 42.5 Å². The molecule has 1 aliphatic heterocycles. The standard InChI is InChI=1S/C37H35ClN4O9/c1-37(2,21-31(43)50-22-23-9-5-4-6-10-23)51-36(47)39-16-15-24-19-29(40-41-32(24)38)28-14-13-25(35(46)48-3)20-30(28)49-18-17-42-33(44)26-11-7-8-12-27(26)34(42)45/h4-14,19-20H,15-18,21-22H2,1-3H3,(H,39,47). The fourth-order valence-corrected chi connectivity index (χ4v) is 5.46. The van der Waals surface area contributed by atoms with Crippen LogP contribution in [-0.2, 0) is 32.0 Å². The molecule has 0 radical (unpaired) electrons. The highest BCUT2D eigenvalue weighted by atomic mass is 35.5. The SMILES string of the molecule is COC(=O)c1ccc(-c2cc(CCNC(=O)OC(C)(C)CC(=O)OCc3ccccc3)c(Cl)nn2)c(OCCN2C(=O)c3ccccc3C2=O)c1. The van der Waals surface area contributed by atoms with Crippen molar-refractivity contribution in [3.63, 3.8) is 0 Å². The molecule has 1 N–H and O–H groups in total. The Bertz CT molecular complexity index is 1920. The molecule has 0 bridgehead atoms. The second-order valence-electron chi connectivity index (χ2n) is 12.1. The fraction of sp³-hybridized carbons (Fsp3) is 0.270. The van der Waals surface area contributed by atoms with Gasteiger partial charge in [-0.15, -0.1) is 10.2 Å². The Morgan fingerprint density at radius 2 is 1.57 bits per heavy atom. The number of fused-ring (bicyclic) bond motifs is 1. The van der Waals surface area contributed by atoms with E-state index in [1.807, 2.05) is 30.3 Å². The van der Waals surface area contributed by atoms with Crippen LogP contribution in [0.1, 0.15) is 62.5 Å². The molecule has 0 spiro atoms. The zero-order chi connectivity index (χ0) is 36.5. The molecule has 13 nitrogen and oxygen atoms in total. The van der Waals surface area contributed by atoms with Crippen molar-refractivity contribution in [2.24, 2.45) is 0 Å². The lowest BCUT2D eigenvalue weighted by molar-refractivity contribution is -0.149. The highest BCUT2D eigenvalue weighted by Gasteiger charge is 2.35. The molecule has 0 unspecified atom stereocenters. The summed E-state index contributed by atoms with van der Waals surface area (Å²) in [4.78, 5) is 64.0. The number of amides is 3. The first kappa shape index (κ1) is 36.5. The lowest BCUT2D eigenvalue weighted by atomic mass is 10.0. The van der Waals surface area contributed by atoms with Gasteiger partial charge in [0.1, 0.15) is 24.6 Å². The average Bonchev–Trinajstić information content (AvgIpc) is 3.36. The summed E-state index contributed by atoms with van der Waals surface area (Å²) in [6.45, 7) is 3.32. The molecule has 0 saturated carbocycles. The van der Waals surface area contributed by atoms with Crippen LogP contribution in [0.5, 0.6) is 5.75 Å². The number of ether oxygens (including phenoxy) is 4. The Hall–Kier alpha value is -5.82. The van der Waals surface area contributed by atoms with Crippen molar-refractivity contribution >= 4 is 41.4 Å². The molecule has 51 heavy (non-hydrogen) atoms. The smallest absolute Gasteiger partial charge is 0.407 e. The minimum Gasteiger partial charge on any atom is -0.491 e. The van der Waals surface area contributed by atoms with Crippen LogP contribution in [-0.4, -0.2) is 77.4 Å². The van der Waals surface area contributed by atoms with Gasteiger partial charge in [-0.25, -0.2) is 9.59 Å². The maximum absolute atomic E-state index is 12.8. The molecule has 3 aromatic carbocycles. The summed E-state index contributed by atoms with van der Waals surface area (Å²) in [5, 5.41) is 11.0. The number of carbonyl (C=O) groups is 5. The van der Waals surface area contributed by atoms with Crippen molar-refractivity contribution in [1.82, 2.24) is 20.4 Å². The first-order valence-electron chi connectivity index (χ1n) is 15.9. The number of benzene rings is 3. The molecule has 4 aromatic rings. The van der Waals surface area contributed by atoms with Gasteiger partial charge < -0.3 is 24.3 Å². The van der Waals surface area contributed by atoms with Gasteiger partial charge in [0.25, 0.3) is 11.8 Å². The number of methoxy groups -OCH3 is 1. The van der Waals surface area contributed by atoms with Gasteiger partial charge in [-0.2, -0.15) is 0 Å².